The highest BCUT2D eigenvalue weighted by Gasteiger charge is 2.21. The van der Waals surface area contributed by atoms with Gasteiger partial charge in [0.2, 0.25) is 0 Å². The molecule has 2 aromatic carbocycles. The molecule has 1 atom stereocenters. The van der Waals surface area contributed by atoms with Gasteiger partial charge >= 0.3 is 6.03 Å². The van der Waals surface area contributed by atoms with Crippen LogP contribution in [0.15, 0.2) is 71.9 Å². The molecule has 0 spiro atoms. The number of rotatable bonds is 9. The second-order valence-electron chi connectivity index (χ2n) is 6.52. The molecule has 0 fully saturated rings. The Morgan fingerprint density at radius 1 is 1.21 bits per heavy atom. The number of aromatic nitrogens is 2. The maximum Gasteiger partial charge on any atom is 0.315 e. The number of amides is 2. The van der Waals surface area contributed by atoms with Gasteiger partial charge in [-0.2, -0.15) is 0 Å². The Morgan fingerprint density at radius 3 is 2.76 bits per heavy atom. The number of nitrogens with zero attached hydrogens (tertiary/aromatic N) is 2. The molecular weight excluding hydrogens is 384 g/mol. The monoisotopic (exact) mass is 410 g/mol. The minimum atomic E-state index is -0.371. The van der Waals surface area contributed by atoms with Crippen molar-refractivity contribution in [3.8, 4) is 5.75 Å². The number of hydrogen-bond donors (Lipinski definition) is 2. The van der Waals surface area contributed by atoms with E-state index in [1.807, 2.05) is 60.3 Å². The number of methoxy groups -OCH3 is 1. The highest BCUT2D eigenvalue weighted by Crippen LogP contribution is 2.24. The fraction of sp³-hybridized carbons (Fsp3) is 0.273. The van der Waals surface area contributed by atoms with Crippen LogP contribution in [0.4, 0.5) is 4.79 Å². The zero-order valence-corrected chi connectivity index (χ0v) is 17.5. The predicted octanol–water partition coefficient (Wildman–Crippen LogP) is 4.00. The number of nitrogens with one attached hydrogen (secondary N) is 2. The molecule has 7 heteroatoms. The maximum atomic E-state index is 12.5. The summed E-state index contributed by atoms with van der Waals surface area (Å²) in [6.07, 6.45) is 4.48. The van der Waals surface area contributed by atoms with Crippen LogP contribution in [0.2, 0.25) is 0 Å². The fourth-order valence-electron chi connectivity index (χ4n) is 2.94. The van der Waals surface area contributed by atoms with Crippen LogP contribution in [0.1, 0.15) is 23.9 Å². The molecule has 2 N–H and O–H groups in total. The Labute approximate surface area is 175 Å². The van der Waals surface area contributed by atoms with Crippen LogP contribution in [-0.4, -0.2) is 35.0 Å². The average molecular weight is 411 g/mol. The van der Waals surface area contributed by atoms with E-state index in [0.717, 1.165) is 29.3 Å². The third kappa shape index (κ3) is 6.02. The molecule has 0 aliphatic carbocycles. The van der Waals surface area contributed by atoms with Crippen molar-refractivity contribution in [1.82, 2.24) is 20.2 Å². The molecule has 2 amide bonds. The van der Waals surface area contributed by atoms with Crippen molar-refractivity contribution in [3.63, 3.8) is 0 Å². The molecule has 6 nitrogen and oxygen atoms in total. The Balaban J connectivity index is 1.56. The number of benzene rings is 2. The lowest BCUT2D eigenvalue weighted by Gasteiger charge is -2.20. The predicted molar refractivity (Wildman–Crippen MR) is 116 cm³/mol. The molecule has 0 bridgehead atoms. The van der Waals surface area contributed by atoms with Gasteiger partial charge in [0.25, 0.3) is 0 Å². The van der Waals surface area contributed by atoms with Gasteiger partial charge in [-0.15, -0.1) is 11.8 Å². The smallest absolute Gasteiger partial charge is 0.315 e. The van der Waals surface area contributed by atoms with Gasteiger partial charge in [-0.3, -0.25) is 0 Å². The molecule has 1 heterocycles. The van der Waals surface area contributed by atoms with Gasteiger partial charge in [-0.1, -0.05) is 30.3 Å². The summed E-state index contributed by atoms with van der Waals surface area (Å²) < 4.78 is 7.23. The van der Waals surface area contributed by atoms with Gasteiger partial charge < -0.3 is 19.9 Å². The van der Waals surface area contributed by atoms with E-state index in [4.69, 9.17) is 4.74 Å². The first-order valence-electron chi connectivity index (χ1n) is 9.51. The average Bonchev–Trinajstić information content (AvgIpc) is 3.18. The van der Waals surface area contributed by atoms with Gasteiger partial charge in [0.1, 0.15) is 17.6 Å². The van der Waals surface area contributed by atoms with Crippen molar-refractivity contribution in [2.75, 3.05) is 19.4 Å². The van der Waals surface area contributed by atoms with Crippen molar-refractivity contribution >= 4 is 17.8 Å². The summed E-state index contributed by atoms with van der Waals surface area (Å²) in [6, 6.07) is 17.3. The van der Waals surface area contributed by atoms with E-state index in [2.05, 4.69) is 27.8 Å². The summed E-state index contributed by atoms with van der Waals surface area (Å²) in [5, 5.41) is 5.99. The minimum Gasteiger partial charge on any atom is -0.497 e. The number of hydrogen-bond acceptors (Lipinski definition) is 4. The zero-order chi connectivity index (χ0) is 20.5. The van der Waals surface area contributed by atoms with Crippen LogP contribution in [-0.2, 0) is 7.05 Å². The normalized spacial score (nSPS) is 11.7. The summed E-state index contributed by atoms with van der Waals surface area (Å²) in [5.74, 6) is 2.44. The van der Waals surface area contributed by atoms with E-state index < -0.39 is 0 Å². The van der Waals surface area contributed by atoms with Crippen molar-refractivity contribution in [1.29, 1.82) is 0 Å². The first-order valence-corrected chi connectivity index (χ1v) is 10.5. The zero-order valence-electron chi connectivity index (χ0n) is 16.7. The lowest BCUT2D eigenvalue weighted by Crippen LogP contribution is -2.39. The summed E-state index contributed by atoms with van der Waals surface area (Å²) in [5.41, 5.74) is 0.911. The lowest BCUT2D eigenvalue weighted by molar-refractivity contribution is 0.238. The first kappa shape index (κ1) is 20.8. The number of carbonyl (C=O) groups excluding carboxylic acids is 1. The van der Waals surface area contributed by atoms with Crippen molar-refractivity contribution in [2.45, 2.75) is 17.4 Å². The third-order valence-corrected chi connectivity index (χ3v) is 5.54. The van der Waals surface area contributed by atoms with Gasteiger partial charge in [0.15, 0.2) is 0 Å². The SMILES string of the molecule is COc1cccc(C(NC(=O)NCCCSc2ccccc2)c2nccn2C)c1. The van der Waals surface area contributed by atoms with Crippen LogP contribution in [0, 0.1) is 0 Å². The van der Waals surface area contributed by atoms with Crippen molar-refractivity contribution in [2.24, 2.45) is 7.05 Å². The standard InChI is InChI=1S/C22H26N4O2S/c1-26-14-13-23-21(26)20(17-8-6-9-18(16-17)28-2)25-22(27)24-12-7-15-29-19-10-4-3-5-11-19/h3-6,8-11,13-14,16,20H,7,12,15H2,1-2H3,(H2,24,25,27). The first-order chi connectivity index (χ1) is 14.2. The van der Waals surface area contributed by atoms with Gasteiger partial charge in [-0.05, 0) is 42.0 Å². The quantitative estimate of drug-likeness (QED) is 0.413. The molecule has 0 saturated carbocycles. The second kappa shape index (κ2) is 10.6. The van der Waals surface area contributed by atoms with Crippen LogP contribution in [0.25, 0.3) is 0 Å². The Hall–Kier alpha value is -2.93. The Kier molecular flexibility index (Phi) is 7.58. The summed E-state index contributed by atoms with van der Waals surface area (Å²) in [6.45, 7) is 0.608. The van der Waals surface area contributed by atoms with E-state index >= 15 is 0 Å². The van der Waals surface area contributed by atoms with E-state index in [0.29, 0.717) is 6.54 Å². The third-order valence-electron chi connectivity index (χ3n) is 4.44. The van der Waals surface area contributed by atoms with Crippen LogP contribution >= 0.6 is 11.8 Å². The van der Waals surface area contributed by atoms with E-state index in [-0.39, 0.29) is 12.1 Å². The molecule has 0 aliphatic heterocycles. The number of imidazole rings is 1. The van der Waals surface area contributed by atoms with Gasteiger partial charge in [0.05, 0.1) is 7.11 Å². The Morgan fingerprint density at radius 2 is 2.03 bits per heavy atom. The number of urea groups is 1. The van der Waals surface area contributed by atoms with Crippen molar-refractivity contribution in [3.05, 3.63) is 78.4 Å². The highest BCUT2D eigenvalue weighted by atomic mass is 32.2. The molecule has 152 valence electrons. The summed E-state index contributed by atoms with van der Waals surface area (Å²) in [7, 11) is 3.54. The molecule has 3 rings (SSSR count). The molecule has 1 unspecified atom stereocenters. The maximum absolute atomic E-state index is 12.5. The Bertz CT molecular complexity index is 914. The van der Waals surface area contributed by atoms with E-state index in [1.54, 1.807) is 25.1 Å². The number of thioether (sulfide) groups is 1. The molecule has 29 heavy (non-hydrogen) atoms. The molecule has 1 aromatic heterocycles. The van der Waals surface area contributed by atoms with Crippen LogP contribution in [0.3, 0.4) is 0 Å². The summed E-state index contributed by atoms with van der Waals surface area (Å²) >= 11 is 1.79. The highest BCUT2D eigenvalue weighted by molar-refractivity contribution is 7.99. The number of aryl methyl sites for hydroxylation is 1. The number of ether oxygens (including phenoxy) is 1. The van der Waals surface area contributed by atoms with E-state index in [9.17, 15) is 4.79 Å². The number of carbonyl (C=O) groups is 1. The summed E-state index contributed by atoms with van der Waals surface area (Å²) in [4.78, 5) is 18.2. The molecule has 0 saturated heterocycles. The van der Waals surface area contributed by atoms with Crippen molar-refractivity contribution < 1.29 is 9.53 Å². The van der Waals surface area contributed by atoms with Crippen LogP contribution in [0.5, 0.6) is 5.75 Å². The fourth-order valence-corrected chi connectivity index (χ4v) is 3.81. The topological polar surface area (TPSA) is 68.2 Å². The second-order valence-corrected chi connectivity index (χ2v) is 7.69. The van der Waals surface area contributed by atoms with Crippen LogP contribution < -0.4 is 15.4 Å². The van der Waals surface area contributed by atoms with E-state index in [1.165, 1.54) is 4.90 Å². The largest absolute Gasteiger partial charge is 0.497 e. The molecule has 0 radical (unpaired) electrons. The minimum absolute atomic E-state index is 0.217. The lowest BCUT2D eigenvalue weighted by atomic mass is 10.1. The molecule has 3 aromatic rings. The van der Waals surface area contributed by atoms with Gasteiger partial charge in [0, 0.05) is 30.9 Å². The van der Waals surface area contributed by atoms with Gasteiger partial charge in [-0.25, -0.2) is 9.78 Å². The molecular formula is C22H26N4O2S. The molecule has 0 aliphatic rings.